The van der Waals surface area contributed by atoms with Gasteiger partial charge in [0.05, 0.1) is 29.0 Å². The van der Waals surface area contributed by atoms with Crippen LogP contribution >= 0.6 is 0 Å². The number of anilines is 2. The zero-order valence-electron chi connectivity index (χ0n) is 13.2. The molecule has 4 N–H and O–H groups in total. The van der Waals surface area contributed by atoms with Gasteiger partial charge in [0.25, 0.3) is 0 Å². The number of pyridine rings is 1. The molecule has 0 aliphatic carbocycles. The Morgan fingerprint density at radius 3 is 2.52 bits per heavy atom. The van der Waals surface area contributed by atoms with Crippen molar-refractivity contribution < 1.29 is 8.91 Å². The maximum Gasteiger partial charge on any atom is 0.143 e. The van der Waals surface area contributed by atoms with E-state index in [9.17, 15) is 4.39 Å². The summed E-state index contributed by atoms with van der Waals surface area (Å²) < 4.78 is 18.4. The van der Waals surface area contributed by atoms with Gasteiger partial charge in [-0.05, 0) is 30.3 Å². The molecule has 0 bridgehead atoms. The average Bonchev–Trinajstić information content (AvgIpc) is 3.09. The van der Waals surface area contributed by atoms with E-state index < -0.39 is 0 Å². The minimum Gasteiger partial charge on any atom is -0.396 e. The van der Waals surface area contributed by atoms with Crippen molar-refractivity contribution in [2.24, 2.45) is 0 Å². The molecule has 0 unspecified atom stereocenters. The van der Waals surface area contributed by atoms with Gasteiger partial charge in [-0.15, -0.1) is 0 Å². The normalized spacial score (nSPS) is 11.1. The lowest BCUT2D eigenvalue weighted by Crippen LogP contribution is -2.04. The number of aromatic nitrogens is 2. The zero-order chi connectivity index (χ0) is 17.4. The van der Waals surface area contributed by atoms with E-state index in [1.807, 2.05) is 24.3 Å². The summed E-state index contributed by atoms with van der Waals surface area (Å²) in [5, 5.41) is 4.86. The van der Waals surface area contributed by atoms with Crippen LogP contribution in [0.4, 0.5) is 15.8 Å². The molecule has 4 rings (SSSR count). The van der Waals surface area contributed by atoms with Gasteiger partial charge in [-0.25, -0.2) is 4.39 Å². The molecule has 2 heterocycles. The molecule has 0 fully saturated rings. The molecule has 2 aromatic heterocycles. The van der Waals surface area contributed by atoms with Gasteiger partial charge in [0.15, 0.2) is 0 Å². The maximum absolute atomic E-state index is 13.0. The second-order valence-corrected chi connectivity index (χ2v) is 5.77. The van der Waals surface area contributed by atoms with Crippen LogP contribution in [0.15, 0.2) is 59.1 Å². The average molecular weight is 334 g/mol. The highest BCUT2D eigenvalue weighted by Crippen LogP contribution is 2.30. The molecule has 0 aliphatic heterocycles. The number of nitrogen functional groups attached to an aromatic ring is 2. The molecule has 0 saturated carbocycles. The molecule has 124 valence electrons. The van der Waals surface area contributed by atoms with Gasteiger partial charge in [-0.3, -0.25) is 4.98 Å². The third-order valence-electron chi connectivity index (χ3n) is 4.09. The molecule has 0 atom stereocenters. The second kappa shape index (κ2) is 5.90. The number of rotatable bonds is 3. The highest BCUT2D eigenvalue weighted by molar-refractivity contribution is 5.96. The number of benzene rings is 2. The molecule has 0 aliphatic rings. The Bertz CT molecular complexity index is 1060. The first kappa shape index (κ1) is 15.1. The summed E-state index contributed by atoms with van der Waals surface area (Å²) in [6.07, 6.45) is 0.370. The Balaban J connectivity index is 1.68. The number of para-hydroxylation sites is 1. The molecule has 5 nitrogen and oxygen atoms in total. The zero-order valence-corrected chi connectivity index (χ0v) is 13.2. The summed E-state index contributed by atoms with van der Waals surface area (Å²) in [4.78, 5) is 4.58. The number of fused-ring (bicyclic) bond motifs is 1. The molecule has 0 spiro atoms. The van der Waals surface area contributed by atoms with Crippen LogP contribution in [0.25, 0.3) is 22.2 Å². The summed E-state index contributed by atoms with van der Waals surface area (Å²) in [6, 6.07) is 15.4. The van der Waals surface area contributed by atoms with Crippen LogP contribution < -0.4 is 11.5 Å². The molecular formula is C19H15FN4O. The number of halogens is 1. The van der Waals surface area contributed by atoms with Crippen LogP contribution in [0.3, 0.4) is 0 Å². The predicted octanol–water partition coefficient (Wildman–Crippen LogP) is 3.78. The van der Waals surface area contributed by atoms with E-state index in [1.54, 1.807) is 18.2 Å². The fourth-order valence-electron chi connectivity index (χ4n) is 2.76. The number of hydrogen-bond donors (Lipinski definition) is 2. The summed E-state index contributed by atoms with van der Waals surface area (Å²) in [5.41, 5.74) is 16.0. The van der Waals surface area contributed by atoms with E-state index in [0.29, 0.717) is 34.9 Å². The van der Waals surface area contributed by atoms with Gasteiger partial charge in [0.1, 0.15) is 17.3 Å². The molecule has 4 aromatic rings. The van der Waals surface area contributed by atoms with Crippen LogP contribution in [-0.2, 0) is 6.42 Å². The van der Waals surface area contributed by atoms with Crippen molar-refractivity contribution in [2.45, 2.75) is 6.42 Å². The van der Waals surface area contributed by atoms with Gasteiger partial charge in [-0.2, -0.15) is 0 Å². The lowest BCUT2D eigenvalue weighted by molar-refractivity contribution is 0.391. The Kier molecular flexibility index (Phi) is 3.57. The first-order valence-electron chi connectivity index (χ1n) is 7.76. The monoisotopic (exact) mass is 334 g/mol. The highest BCUT2D eigenvalue weighted by atomic mass is 19.1. The standard InChI is InChI=1S/C19H15FN4O/c20-12-7-5-11(6-8-12)16-9-13(25-24-16)10-17-19(22)18(21)14-3-1-2-4-15(14)23-17/h1-9H,10,22H2,(H2,21,23). The molecule has 0 radical (unpaired) electrons. The van der Waals surface area contributed by atoms with Crippen molar-refractivity contribution in [2.75, 3.05) is 11.5 Å². The molecule has 2 aromatic carbocycles. The minimum atomic E-state index is -0.295. The number of nitrogens with zero attached hydrogens (tertiary/aromatic N) is 2. The molecule has 6 heteroatoms. The summed E-state index contributed by atoms with van der Waals surface area (Å²) in [5.74, 6) is 0.310. The largest absolute Gasteiger partial charge is 0.396 e. The lowest BCUT2D eigenvalue weighted by Gasteiger charge is -2.09. The maximum atomic E-state index is 13.0. The second-order valence-electron chi connectivity index (χ2n) is 5.77. The smallest absolute Gasteiger partial charge is 0.143 e. The third kappa shape index (κ3) is 2.78. The highest BCUT2D eigenvalue weighted by Gasteiger charge is 2.14. The van der Waals surface area contributed by atoms with E-state index in [4.69, 9.17) is 16.0 Å². The van der Waals surface area contributed by atoms with Crippen LogP contribution in [0.2, 0.25) is 0 Å². The van der Waals surface area contributed by atoms with E-state index in [1.165, 1.54) is 12.1 Å². The summed E-state index contributed by atoms with van der Waals surface area (Å²) >= 11 is 0. The number of nitrogens with two attached hydrogens (primary N) is 2. The fraction of sp³-hybridized carbons (Fsp3) is 0.0526. The Hall–Kier alpha value is -3.41. The van der Waals surface area contributed by atoms with Crippen molar-refractivity contribution >= 4 is 22.3 Å². The van der Waals surface area contributed by atoms with Gasteiger partial charge < -0.3 is 16.0 Å². The van der Waals surface area contributed by atoms with E-state index >= 15 is 0 Å². The van der Waals surface area contributed by atoms with Crippen molar-refractivity contribution in [3.8, 4) is 11.3 Å². The van der Waals surface area contributed by atoms with Gasteiger partial charge >= 0.3 is 0 Å². The Morgan fingerprint density at radius 2 is 1.72 bits per heavy atom. The number of hydrogen-bond acceptors (Lipinski definition) is 5. The Morgan fingerprint density at radius 1 is 0.960 bits per heavy atom. The van der Waals surface area contributed by atoms with Gasteiger partial charge in [-0.1, -0.05) is 23.4 Å². The summed E-state index contributed by atoms with van der Waals surface area (Å²) in [6.45, 7) is 0. The topological polar surface area (TPSA) is 91.0 Å². The van der Waals surface area contributed by atoms with E-state index in [2.05, 4.69) is 10.1 Å². The first-order valence-corrected chi connectivity index (χ1v) is 7.76. The van der Waals surface area contributed by atoms with Crippen LogP contribution in [-0.4, -0.2) is 10.1 Å². The predicted molar refractivity (Wildman–Crippen MR) is 95.3 cm³/mol. The van der Waals surface area contributed by atoms with Gasteiger partial charge in [0.2, 0.25) is 0 Å². The van der Waals surface area contributed by atoms with Crippen molar-refractivity contribution in [3.05, 3.63) is 71.9 Å². The SMILES string of the molecule is Nc1c(Cc2cc(-c3ccc(F)cc3)no2)nc2ccccc2c1N. The molecule has 0 amide bonds. The first-order chi connectivity index (χ1) is 12.1. The van der Waals surface area contributed by atoms with Crippen LogP contribution in [0.5, 0.6) is 0 Å². The molecule has 25 heavy (non-hydrogen) atoms. The van der Waals surface area contributed by atoms with Crippen molar-refractivity contribution in [1.82, 2.24) is 10.1 Å². The van der Waals surface area contributed by atoms with Crippen LogP contribution in [0.1, 0.15) is 11.5 Å². The lowest BCUT2D eigenvalue weighted by atomic mass is 10.1. The van der Waals surface area contributed by atoms with Crippen LogP contribution in [0, 0.1) is 5.82 Å². The van der Waals surface area contributed by atoms with Crippen molar-refractivity contribution in [3.63, 3.8) is 0 Å². The fourth-order valence-corrected chi connectivity index (χ4v) is 2.76. The van der Waals surface area contributed by atoms with E-state index in [-0.39, 0.29) is 5.82 Å². The molecule has 0 saturated heterocycles. The van der Waals surface area contributed by atoms with Gasteiger partial charge in [0, 0.05) is 17.0 Å². The third-order valence-corrected chi connectivity index (χ3v) is 4.09. The summed E-state index contributed by atoms with van der Waals surface area (Å²) in [7, 11) is 0. The Labute approximate surface area is 143 Å². The molecular weight excluding hydrogens is 319 g/mol. The van der Waals surface area contributed by atoms with Crippen molar-refractivity contribution in [1.29, 1.82) is 0 Å². The minimum absolute atomic E-state index is 0.295. The quantitative estimate of drug-likeness (QED) is 0.595. The van der Waals surface area contributed by atoms with E-state index in [0.717, 1.165) is 16.5 Å².